The second kappa shape index (κ2) is 14.1. The van der Waals surface area contributed by atoms with Gasteiger partial charge in [-0.25, -0.2) is 8.37 Å². The van der Waals surface area contributed by atoms with Crippen molar-refractivity contribution in [2.75, 3.05) is 19.8 Å². The summed E-state index contributed by atoms with van der Waals surface area (Å²) < 4.78 is 98.7. The Morgan fingerprint density at radius 3 is 1.48 bits per heavy atom. The van der Waals surface area contributed by atoms with Gasteiger partial charge in [0.15, 0.2) is 25.0 Å². The summed E-state index contributed by atoms with van der Waals surface area (Å²) in [6.45, 7) is -3.06. The molecular weight excluding hydrogens is 632 g/mol. The third-order valence-electron chi connectivity index (χ3n) is 6.51. The van der Waals surface area contributed by atoms with E-state index in [1.807, 2.05) is 0 Å². The van der Waals surface area contributed by atoms with Crippen molar-refractivity contribution < 1.29 is 104 Å². The summed E-state index contributed by atoms with van der Waals surface area (Å²) in [5, 5.41) is 90.5. The lowest BCUT2D eigenvalue weighted by Crippen LogP contribution is -2.67. The van der Waals surface area contributed by atoms with Gasteiger partial charge in [0.2, 0.25) is 0 Å². The standard InChI is InChI=1S/C18H32O22S2/c19-1-4-7(22)14(39-41(28,29)30)11(26)17(35-4)37-13-6(3-21)36-18(15(10(13)25)40-42(31,32)33)38-12-5(2-20)34-16(27)9(24)8(12)23/h4-27H,1-3H2,(H,28,29,30)(H,31,32,33)/t4-,5-,6-,7+,8-,9-,10+,11-,12+,13+,14+,15-,16-,17+,18+/m1/s1. The fourth-order valence-electron chi connectivity index (χ4n) is 4.53. The third kappa shape index (κ3) is 8.25. The summed E-state index contributed by atoms with van der Waals surface area (Å²) in [6, 6.07) is 0. The minimum Gasteiger partial charge on any atom is -0.394 e. The molecule has 3 heterocycles. The van der Waals surface area contributed by atoms with E-state index in [0.717, 1.165) is 0 Å². The van der Waals surface area contributed by atoms with E-state index in [-0.39, 0.29) is 0 Å². The topological polar surface area (TPSA) is 355 Å². The smallest absolute Gasteiger partial charge is 0.394 e. The maximum Gasteiger partial charge on any atom is 0.397 e. The molecule has 22 nitrogen and oxygen atoms in total. The van der Waals surface area contributed by atoms with Crippen LogP contribution in [0, 0.1) is 0 Å². The summed E-state index contributed by atoms with van der Waals surface area (Å²) in [5.74, 6) is 0. The van der Waals surface area contributed by atoms with Gasteiger partial charge in [0.25, 0.3) is 0 Å². The normalized spacial score (nSPS) is 45.5. The molecule has 0 bridgehead atoms. The van der Waals surface area contributed by atoms with Crippen LogP contribution in [0.15, 0.2) is 0 Å². The van der Waals surface area contributed by atoms with Crippen molar-refractivity contribution in [3.05, 3.63) is 0 Å². The fraction of sp³-hybridized carbons (Fsp3) is 1.00. The van der Waals surface area contributed by atoms with Gasteiger partial charge in [-0.1, -0.05) is 0 Å². The van der Waals surface area contributed by atoms with E-state index in [1.165, 1.54) is 0 Å². The molecule has 3 rings (SSSR count). The molecule has 0 aromatic carbocycles. The minimum atomic E-state index is -5.45. The van der Waals surface area contributed by atoms with Gasteiger partial charge < -0.3 is 69.6 Å². The third-order valence-corrected chi connectivity index (χ3v) is 7.44. The van der Waals surface area contributed by atoms with Gasteiger partial charge in [-0.15, -0.1) is 0 Å². The van der Waals surface area contributed by atoms with Crippen LogP contribution in [0.4, 0.5) is 0 Å². The van der Waals surface area contributed by atoms with Gasteiger partial charge in [-0.05, 0) is 0 Å². The monoisotopic (exact) mass is 664 g/mol. The van der Waals surface area contributed by atoms with Gasteiger partial charge >= 0.3 is 20.8 Å². The summed E-state index contributed by atoms with van der Waals surface area (Å²) in [6.07, 6.45) is -30.6. The summed E-state index contributed by atoms with van der Waals surface area (Å²) in [5.41, 5.74) is 0. The molecular formula is C18H32O22S2. The predicted molar refractivity (Wildman–Crippen MR) is 122 cm³/mol. The molecule has 42 heavy (non-hydrogen) atoms. The molecule has 0 aromatic rings. The first-order valence-electron chi connectivity index (χ1n) is 11.9. The highest BCUT2D eigenvalue weighted by molar-refractivity contribution is 7.81. The number of rotatable bonds is 11. The van der Waals surface area contributed by atoms with Crippen LogP contribution in [0.2, 0.25) is 0 Å². The van der Waals surface area contributed by atoms with Crippen LogP contribution in [0.25, 0.3) is 0 Å². The number of aliphatic hydroxyl groups is 9. The Morgan fingerprint density at radius 1 is 0.500 bits per heavy atom. The average molecular weight is 665 g/mol. The summed E-state index contributed by atoms with van der Waals surface area (Å²) in [4.78, 5) is 0. The largest absolute Gasteiger partial charge is 0.397 e. The maximum atomic E-state index is 11.6. The highest BCUT2D eigenvalue weighted by atomic mass is 32.3. The molecule has 0 unspecified atom stereocenters. The van der Waals surface area contributed by atoms with E-state index in [2.05, 4.69) is 8.37 Å². The molecule has 0 saturated carbocycles. The number of ether oxygens (including phenoxy) is 5. The number of hydrogen-bond donors (Lipinski definition) is 11. The van der Waals surface area contributed by atoms with E-state index >= 15 is 0 Å². The van der Waals surface area contributed by atoms with Crippen LogP contribution in [-0.4, -0.2) is 184 Å². The van der Waals surface area contributed by atoms with Gasteiger partial charge in [-0.2, -0.15) is 16.8 Å². The van der Waals surface area contributed by atoms with E-state index in [1.54, 1.807) is 0 Å². The molecule has 0 aromatic heterocycles. The van der Waals surface area contributed by atoms with E-state index < -0.39 is 133 Å². The highest BCUT2D eigenvalue weighted by Gasteiger charge is 2.55. The van der Waals surface area contributed by atoms with Crippen LogP contribution < -0.4 is 0 Å². The quantitative estimate of drug-likeness (QED) is 0.0913. The first-order valence-corrected chi connectivity index (χ1v) is 14.6. The Bertz CT molecular complexity index is 1090. The molecule has 15 atom stereocenters. The molecule has 11 N–H and O–H groups in total. The molecule has 3 aliphatic rings. The van der Waals surface area contributed by atoms with Gasteiger partial charge in [0.1, 0.15) is 67.1 Å². The molecule has 0 aliphatic carbocycles. The van der Waals surface area contributed by atoms with Crippen LogP contribution >= 0.6 is 0 Å². The van der Waals surface area contributed by atoms with Crippen molar-refractivity contribution in [3.63, 3.8) is 0 Å². The van der Waals surface area contributed by atoms with Crippen LogP contribution in [0.1, 0.15) is 0 Å². The highest BCUT2D eigenvalue weighted by Crippen LogP contribution is 2.34. The van der Waals surface area contributed by atoms with Crippen LogP contribution in [0.3, 0.4) is 0 Å². The molecule has 3 saturated heterocycles. The van der Waals surface area contributed by atoms with E-state index in [4.69, 9.17) is 28.2 Å². The zero-order valence-electron chi connectivity index (χ0n) is 21.0. The summed E-state index contributed by atoms with van der Waals surface area (Å²) >= 11 is 0. The van der Waals surface area contributed by atoms with Gasteiger partial charge in [0.05, 0.1) is 19.8 Å². The van der Waals surface area contributed by atoms with Crippen molar-refractivity contribution in [1.29, 1.82) is 0 Å². The second-order valence-electron chi connectivity index (χ2n) is 9.33. The minimum absolute atomic E-state index is 0.943. The van der Waals surface area contributed by atoms with Gasteiger partial charge in [0, 0.05) is 0 Å². The molecule has 248 valence electrons. The van der Waals surface area contributed by atoms with Crippen molar-refractivity contribution >= 4 is 20.8 Å². The Hall–Kier alpha value is -0.820. The number of aliphatic hydroxyl groups excluding tert-OH is 9. The first kappa shape index (κ1) is 35.7. The Kier molecular flexibility index (Phi) is 12.0. The lowest BCUT2D eigenvalue weighted by molar-refractivity contribution is -0.374. The lowest BCUT2D eigenvalue weighted by atomic mass is 9.96. The molecule has 3 fully saturated rings. The van der Waals surface area contributed by atoms with Crippen LogP contribution in [-0.2, 0) is 52.8 Å². The lowest BCUT2D eigenvalue weighted by Gasteiger charge is -2.48. The Balaban J connectivity index is 1.90. The second-order valence-corrected chi connectivity index (χ2v) is 11.4. The van der Waals surface area contributed by atoms with Crippen molar-refractivity contribution in [1.82, 2.24) is 0 Å². The molecule has 0 radical (unpaired) electrons. The predicted octanol–water partition coefficient (Wildman–Crippen LogP) is -7.92. The van der Waals surface area contributed by atoms with Crippen molar-refractivity contribution in [2.24, 2.45) is 0 Å². The van der Waals surface area contributed by atoms with Gasteiger partial charge in [-0.3, -0.25) is 9.11 Å². The Morgan fingerprint density at radius 2 is 0.952 bits per heavy atom. The number of hydrogen-bond acceptors (Lipinski definition) is 20. The first-order chi connectivity index (χ1) is 19.4. The molecule has 0 amide bonds. The van der Waals surface area contributed by atoms with E-state index in [0.29, 0.717) is 0 Å². The molecule has 24 heteroatoms. The Labute approximate surface area is 237 Å². The molecule has 3 aliphatic heterocycles. The van der Waals surface area contributed by atoms with Crippen LogP contribution in [0.5, 0.6) is 0 Å². The van der Waals surface area contributed by atoms with Crippen molar-refractivity contribution in [2.45, 2.75) is 92.1 Å². The van der Waals surface area contributed by atoms with E-state index in [9.17, 15) is 67.3 Å². The maximum absolute atomic E-state index is 11.6. The zero-order valence-corrected chi connectivity index (χ0v) is 22.6. The SMILES string of the molecule is O=S(=O)(O)O[C@H]1[C@@H](O)[C@@H](CO)O[C@@H](O[C@@H]2[C@H](O)[C@@H](OS(=O)(=O)O)[C@H](O[C@@H]3[C@H](O)[C@@H](O)[C@H](O)O[C@@H]3CO)O[C@@H]2CO)[C@@H]1O. The van der Waals surface area contributed by atoms with Crippen molar-refractivity contribution in [3.8, 4) is 0 Å². The summed E-state index contributed by atoms with van der Waals surface area (Å²) in [7, 11) is -10.8. The fourth-order valence-corrected chi connectivity index (χ4v) is 5.52. The zero-order chi connectivity index (χ0) is 31.7. The molecule has 0 spiro atoms. The average Bonchev–Trinajstić information content (AvgIpc) is 2.90.